The van der Waals surface area contributed by atoms with Crippen molar-refractivity contribution < 1.29 is 0 Å². The van der Waals surface area contributed by atoms with Gasteiger partial charge < -0.3 is 5.32 Å². The summed E-state index contributed by atoms with van der Waals surface area (Å²) in [5.74, 6) is 0. The van der Waals surface area contributed by atoms with Gasteiger partial charge in [-0.3, -0.25) is 0 Å². The van der Waals surface area contributed by atoms with Crippen LogP contribution in [0.15, 0.2) is 22.7 Å². The molecule has 0 spiro atoms. The third kappa shape index (κ3) is 2.77. The van der Waals surface area contributed by atoms with Crippen molar-refractivity contribution in [1.82, 2.24) is 10.3 Å². The number of rotatable bonds is 3. The molecule has 0 amide bonds. The van der Waals surface area contributed by atoms with Gasteiger partial charge in [-0.1, -0.05) is 17.7 Å². The van der Waals surface area contributed by atoms with Gasteiger partial charge in [-0.2, -0.15) is 0 Å². The maximum Gasteiger partial charge on any atom is 0.123 e. The van der Waals surface area contributed by atoms with Gasteiger partial charge in [0.25, 0.3) is 0 Å². The summed E-state index contributed by atoms with van der Waals surface area (Å²) in [6.45, 7) is 4.19. The summed E-state index contributed by atoms with van der Waals surface area (Å²) in [5, 5.41) is 5.00. The van der Waals surface area contributed by atoms with E-state index in [2.05, 4.69) is 33.2 Å². The Labute approximate surface area is 125 Å². The lowest BCUT2D eigenvalue weighted by molar-refractivity contribution is 0.658. The maximum absolute atomic E-state index is 6.00. The summed E-state index contributed by atoms with van der Waals surface area (Å²) in [6, 6.07) is 6.22. The molecule has 5 heteroatoms. The van der Waals surface area contributed by atoms with Crippen LogP contribution in [-0.2, 0) is 0 Å². The van der Waals surface area contributed by atoms with E-state index in [-0.39, 0.29) is 0 Å². The van der Waals surface area contributed by atoms with E-state index in [4.69, 9.17) is 11.6 Å². The number of aromatic nitrogens is 1. The SMILES string of the molecule is CNC(C)c1sc(-c2ccc(Cl)c(Br)c2)nc1C. The van der Waals surface area contributed by atoms with Crippen molar-refractivity contribution in [2.75, 3.05) is 7.05 Å². The monoisotopic (exact) mass is 344 g/mol. The molecule has 0 saturated heterocycles. The minimum Gasteiger partial charge on any atom is -0.312 e. The highest BCUT2D eigenvalue weighted by atomic mass is 79.9. The van der Waals surface area contributed by atoms with Gasteiger partial charge in [-0.25, -0.2) is 4.98 Å². The summed E-state index contributed by atoms with van der Waals surface area (Å²) in [5.41, 5.74) is 2.18. The summed E-state index contributed by atoms with van der Waals surface area (Å²) >= 11 is 11.2. The van der Waals surface area contributed by atoms with Crippen LogP contribution in [0.2, 0.25) is 5.02 Å². The molecule has 1 aromatic heterocycles. The molecule has 2 aromatic rings. The van der Waals surface area contributed by atoms with E-state index in [9.17, 15) is 0 Å². The quantitative estimate of drug-likeness (QED) is 0.863. The highest BCUT2D eigenvalue weighted by Gasteiger charge is 2.14. The summed E-state index contributed by atoms with van der Waals surface area (Å²) < 4.78 is 0.901. The first-order chi connectivity index (χ1) is 8.52. The number of nitrogens with zero attached hydrogens (tertiary/aromatic N) is 1. The van der Waals surface area contributed by atoms with E-state index >= 15 is 0 Å². The predicted molar refractivity (Wildman–Crippen MR) is 82.5 cm³/mol. The van der Waals surface area contributed by atoms with E-state index in [0.717, 1.165) is 25.8 Å². The van der Waals surface area contributed by atoms with Gasteiger partial charge in [0.2, 0.25) is 0 Å². The van der Waals surface area contributed by atoms with Crippen LogP contribution in [0.1, 0.15) is 23.5 Å². The molecular formula is C13H14BrClN2S. The zero-order valence-corrected chi connectivity index (χ0v) is 13.6. The minimum absolute atomic E-state index is 0.326. The smallest absolute Gasteiger partial charge is 0.123 e. The normalized spacial score (nSPS) is 12.7. The average molecular weight is 346 g/mol. The van der Waals surface area contributed by atoms with Gasteiger partial charge >= 0.3 is 0 Å². The highest BCUT2D eigenvalue weighted by molar-refractivity contribution is 9.10. The zero-order chi connectivity index (χ0) is 13.3. The molecule has 0 aliphatic rings. The van der Waals surface area contributed by atoms with E-state index in [1.807, 2.05) is 32.2 Å². The van der Waals surface area contributed by atoms with Gasteiger partial charge in [0, 0.05) is 21.0 Å². The van der Waals surface area contributed by atoms with Crippen molar-refractivity contribution in [3.8, 4) is 10.6 Å². The van der Waals surface area contributed by atoms with E-state index in [1.54, 1.807) is 11.3 Å². The Kier molecular flexibility index (Phi) is 4.43. The molecule has 1 atom stereocenters. The first-order valence-corrected chi connectivity index (χ1v) is 7.61. The first kappa shape index (κ1) is 14.0. The van der Waals surface area contributed by atoms with Crippen LogP contribution < -0.4 is 5.32 Å². The molecule has 0 aliphatic carbocycles. The minimum atomic E-state index is 0.326. The molecule has 2 rings (SSSR count). The first-order valence-electron chi connectivity index (χ1n) is 5.63. The summed E-state index contributed by atoms with van der Waals surface area (Å²) in [7, 11) is 1.96. The number of thiazole rings is 1. The third-order valence-corrected chi connectivity index (χ3v) is 5.43. The average Bonchev–Trinajstić information content (AvgIpc) is 2.74. The molecule has 1 aromatic carbocycles. The lowest BCUT2D eigenvalue weighted by atomic mass is 10.2. The van der Waals surface area contributed by atoms with Gasteiger partial charge in [-0.05, 0) is 49.0 Å². The Morgan fingerprint density at radius 3 is 2.78 bits per heavy atom. The number of halogens is 2. The number of hydrogen-bond donors (Lipinski definition) is 1. The molecule has 0 bridgehead atoms. The molecule has 2 nitrogen and oxygen atoms in total. The highest BCUT2D eigenvalue weighted by Crippen LogP contribution is 2.34. The van der Waals surface area contributed by atoms with Gasteiger partial charge in [0.1, 0.15) is 5.01 Å². The number of benzene rings is 1. The molecule has 96 valence electrons. The molecule has 1 unspecified atom stereocenters. The van der Waals surface area contributed by atoms with Crippen LogP contribution in [-0.4, -0.2) is 12.0 Å². The molecular weight excluding hydrogens is 332 g/mol. The Morgan fingerprint density at radius 2 is 2.17 bits per heavy atom. The topological polar surface area (TPSA) is 24.9 Å². The summed E-state index contributed by atoms with van der Waals surface area (Å²) in [6.07, 6.45) is 0. The predicted octanol–water partition coefficient (Wildman–Crippen LogP) is 4.81. The molecule has 18 heavy (non-hydrogen) atoms. The van der Waals surface area contributed by atoms with Gasteiger partial charge in [-0.15, -0.1) is 11.3 Å². The van der Waals surface area contributed by atoms with E-state index < -0.39 is 0 Å². The van der Waals surface area contributed by atoms with E-state index in [0.29, 0.717) is 6.04 Å². The Bertz CT molecular complexity index is 568. The van der Waals surface area contributed by atoms with Crippen molar-refractivity contribution in [3.05, 3.63) is 38.3 Å². The Balaban J connectivity index is 2.42. The standard InChI is InChI=1S/C13H14BrClN2S/c1-7(16-3)12-8(2)17-13(18-12)9-4-5-11(15)10(14)6-9/h4-7,16H,1-3H3. The lowest BCUT2D eigenvalue weighted by Gasteiger charge is -2.07. The third-order valence-electron chi connectivity index (χ3n) is 2.83. The summed E-state index contributed by atoms with van der Waals surface area (Å²) in [4.78, 5) is 5.91. The fourth-order valence-electron chi connectivity index (χ4n) is 1.69. The number of aryl methyl sites for hydroxylation is 1. The van der Waals surface area contributed by atoms with E-state index in [1.165, 1.54) is 4.88 Å². The molecule has 1 N–H and O–H groups in total. The lowest BCUT2D eigenvalue weighted by Crippen LogP contribution is -2.11. The molecule has 0 radical (unpaired) electrons. The van der Waals surface area contributed by atoms with Crippen LogP contribution in [0, 0.1) is 6.92 Å². The van der Waals surface area contributed by atoms with Crippen LogP contribution in [0.4, 0.5) is 0 Å². The Hall–Kier alpha value is -0.420. The molecule has 0 saturated carbocycles. The van der Waals surface area contributed by atoms with Crippen LogP contribution >= 0.6 is 38.9 Å². The molecule has 0 fully saturated rings. The van der Waals surface area contributed by atoms with Gasteiger partial charge in [0.15, 0.2) is 0 Å². The van der Waals surface area contributed by atoms with Crippen molar-refractivity contribution in [2.24, 2.45) is 0 Å². The van der Waals surface area contributed by atoms with Crippen molar-refractivity contribution in [2.45, 2.75) is 19.9 Å². The second kappa shape index (κ2) is 5.70. The second-order valence-corrected chi connectivity index (χ2v) is 6.40. The van der Waals surface area contributed by atoms with Crippen LogP contribution in [0.25, 0.3) is 10.6 Å². The van der Waals surface area contributed by atoms with Gasteiger partial charge in [0.05, 0.1) is 10.7 Å². The fourth-order valence-corrected chi connectivity index (χ4v) is 3.31. The number of nitrogens with one attached hydrogen (secondary N) is 1. The fraction of sp³-hybridized carbons (Fsp3) is 0.308. The van der Waals surface area contributed by atoms with Crippen molar-refractivity contribution in [1.29, 1.82) is 0 Å². The largest absolute Gasteiger partial charge is 0.312 e. The Morgan fingerprint density at radius 1 is 1.44 bits per heavy atom. The van der Waals surface area contributed by atoms with Crippen molar-refractivity contribution >= 4 is 38.9 Å². The van der Waals surface area contributed by atoms with Crippen LogP contribution in [0.5, 0.6) is 0 Å². The molecule has 1 heterocycles. The zero-order valence-electron chi connectivity index (χ0n) is 10.4. The van der Waals surface area contributed by atoms with Crippen LogP contribution in [0.3, 0.4) is 0 Å². The van der Waals surface area contributed by atoms with Crippen molar-refractivity contribution in [3.63, 3.8) is 0 Å². The number of hydrogen-bond acceptors (Lipinski definition) is 3. The second-order valence-electron chi connectivity index (χ2n) is 4.11. The molecule has 0 aliphatic heterocycles. The maximum atomic E-state index is 6.00.